The van der Waals surface area contributed by atoms with Crippen molar-refractivity contribution in [2.24, 2.45) is 5.41 Å². The van der Waals surface area contributed by atoms with Gasteiger partial charge in [0.05, 0.1) is 18.8 Å². The van der Waals surface area contributed by atoms with Crippen LogP contribution in [0.5, 0.6) is 0 Å². The molecule has 2 fully saturated rings. The number of hydrogen-bond acceptors (Lipinski definition) is 3. The summed E-state index contributed by atoms with van der Waals surface area (Å²) >= 11 is 0. The zero-order chi connectivity index (χ0) is 17.7. The van der Waals surface area contributed by atoms with Crippen LogP contribution in [0.4, 0.5) is 4.79 Å². The maximum absolute atomic E-state index is 12.7. The molecule has 0 N–H and O–H groups in total. The molecular formula is C21H31NO3. The molecule has 1 saturated carbocycles. The number of carbonyl (C=O) groups excluding carboxylic acids is 1. The first-order chi connectivity index (χ1) is 12.1. The van der Waals surface area contributed by atoms with Gasteiger partial charge in [0.15, 0.2) is 0 Å². The number of hydrogen-bond donors (Lipinski definition) is 0. The van der Waals surface area contributed by atoms with Gasteiger partial charge in [-0.2, -0.15) is 0 Å². The lowest BCUT2D eigenvalue weighted by molar-refractivity contribution is 0.0295. The van der Waals surface area contributed by atoms with Crippen LogP contribution in [-0.4, -0.2) is 36.3 Å². The number of amides is 1. The zero-order valence-corrected chi connectivity index (χ0v) is 15.6. The van der Waals surface area contributed by atoms with E-state index >= 15 is 0 Å². The first kappa shape index (κ1) is 18.2. The van der Waals surface area contributed by atoms with Crippen molar-refractivity contribution in [3.63, 3.8) is 0 Å². The van der Waals surface area contributed by atoms with Crippen molar-refractivity contribution < 1.29 is 14.3 Å². The van der Waals surface area contributed by atoms with Crippen molar-refractivity contribution in [2.45, 2.75) is 71.1 Å². The summed E-state index contributed by atoms with van der Waals surface area (Å²) in [5.74, 6) is 0. The topological polar surface area (TPSA) is 38.8 Å². The van der Waals surface area contributed by atoms with Crippen molar-refractivity contribution in [1.82, 2.24) is 4.90 Å². The first-order valence-electron chi connectivity index (χ1n) is 9.67. The maximum atomic E-state index is 12.7. The molecule has 1 amide bonds. The van der Waals surface area contributed by atoms with Crippen LogP contribution >= 0.6 is 0 Å². The Balaban J connectivity index is 1.63. The molecule has 1 aliphatic carbocycles. The summed E-state index contributed by atoms with van der Waals surface area (Å²) in [7, 11) is 0. The molecule has 1 aliphatic heterocycles. The molecule has 4 nitrogen and oxygen atoms in total. The quantitative estimate of drug-likeness (QED) is 0.771. The molecule has 1 aromatic rings. The van der Waals surface area contributed by atoms with E-state index in [0.717, 1.165) is 18.5 Å². The molecule has 2 aliphatic rings. The van der Waals surface area contributed by atoms with E-state index in [1.807, 2.05) is 49.1 Å². The molecule has 0 radical (unpaired) electrons. The summed E-state index contributed by atoms with van der Waals surface area (Å²) in [6.07, 6.45) is 7.40. The fourth-order valence-electron chi connectivity index (χ4n) is 4.30. The van der Waals surface area contributed by atoms with Crippen LogP contribution in [0.15, 0.2) is 30.3 Å². The van der Waals surface area contributed by atoms with Crippen molar-refractivity contribution in [1.29, 1.82) is 0 Å². The minimum absolute atomic E-state index is 0.142. The third-order valence-electron chi connectivity index (χ3n) is 5.59. The number of likely N-dealkylation sites (tertiary alicyclic amines) is 1. The van der Waals surface area contributed by atoms with Gasteiger partial charge < -0.3 is 14.4 Å². The van der Waals surface area contributed by atoms with Gasteiger partial charge in [-0.3, -0.25) is 0 Å². The number of benzene rings is 1. The Morgan fingerprint density at radius 2 is 1.92 bits per heavy atom. The van der Waals surface area contributed by atoms with Crippen LogP contribution < -0.4 is 0 Å². The van der Waals surface area contributed by atoms with E-state index < -0.39 is 0 Å². The summed E-state index contributed by atoms with van der Waals surface area (Å²) in [5.41, 5.74) is 1.31. The molecule has 3 rings (SSSR count). The summed E-state index contributed by atoms with van der Waals surface area (Å²) in [5, 5.41) is 0. The average molecular weight is 345 g/mol. The van der Waals surface area contributed by atoms with Crippen LogP contribution in [0, 0.1) is 5.41 Å². The number of nitrogens with zero attached hydrogens (tertiary/aromatic N) is 1. The SMILES string of the molecule is CC(C)OCC1CC2(CCCCC2)CN1C(=O)OCc1ccccc1. The molecule has 0 bridgehead atoms. The van der Waals surface area contributed by atoms with Gasteiger partial charge in [-0.1, -0.05) is 49.6 Å². The Bertz CT molecular complexity index is 552. The lowest BCUT2D eigenvalue weighted by atomic mass is 9.73. The van der Waals surface area contributed by atoms with E-state index in [0.29, 0.717) is 13.2 Å². The van der Waals surface area contributed by atoms with Gasteiger partial charge in [-0.25, -0.2) is 4.79 Å². The van der Waals surface area contributed by atoms with Gasteiger partial charge in [0.25, 0.3) is 0 Å². The van der Waals surface area contributed by atoms with E-state index in [2.05, 4.69) is 0 Å². The second-order valence-corrected chi connectivity index (χ2v) is 7.97. The fourth-order valence-corrected chi connectivity index (χ4v) is 4.30. The summed E-state index contributed by atoms with van der Waals surface area (Å²) in [6.45, 7) is 5.86. The van der Waals surface area contributed by atoms with Gasteiger partial charge in [-0.05, 0) is 44.1 Å². The second kappa shape index (κ2) is 8.22. The van der Waals surface area contributed by atoms with E-state index in [4.69, 9.17) is 9.47 Å². The molecule has 1 saturated heterocycles. The van der Waals surface area contributed by atoms with Crippen LogP contribution in [0.25, 0.3) is 0 Å². The van der Waals surface area contributed by atoms with Crippen molar-refractivity contribution >= 4 is 6.09 Å². The Morgan fingerprint density at radius 3 is 2.60 bits per heavy atom. The summed E-state index contributed by atoms with van der Waals surface area (Å²) in [6, 6.07) is 10.0. The lowest BCUT2D eigenvalue weighted by Crippen LogP contribution is -2.39. The molecular weight excluding hydrogens is 314 g/mol. The van der Waals surface area contributed by atoms with Crippen molar-refractivity contribution in [3.8, 4) is 0 Å². The molecule has 1 atom stereocenters. The molecule has 4 heteroatoms. The van der Waals surface area contributed by atoms with E-state index in [-0.39, 0.29) is 23.7 Å². The minimum Gasteiger partial charge on any atom is -0.445 e. The number of rotatable bonds is 5. The Kier molecular flexibility index (Phi) is 6.00. The van der Waals surface area contributed by atoms with Crippen LogP contribution in [-0.2, 0) is 16.1 Å². The molecule has 1 heterocycles. The highest BCUT2D eigenvalue weighted by Gasteiger charge is 2.46. The van der Waals surface area contributed by atoms with Gasteiger partial charge >= 0.3 is 6.09 Å². The molecule has 0 aromatic heterocycles. The van der Waals surface area contributed by atoms with Crippen LogP contribution in [0.3, 0.4) is 0 Å². The van der Waals surface area contributed by atoms with Gasteiger partial charge in [0.1, 0.15) is 6.61 Å². The largest absolute Gasteiger partial charge is 0.445 e. The smallest absolute Gasteiger partial charge is 0.410 e. The second-order valence-electron chi connectivity index (χ2n) is 7.97. The van der Waals surface area contributed by atoms with Crippen molar-refractivity contribution in [3.05, 3.63) is 35.9 Å². The third kappa shape index (κ3) is 4.75. The molecule has 1 spiro atoms. The lowest BCUT2D eigenvalue weighted by Gasteiger charge is -2.32. The fraction of sp³-hybridized carbons (Fsp3) is 0.667. The third-order valence-corrected chi connectivity index (χ3v) is 5.59. The summed E-state index contributed by atoms with van der Waals surface area (Å²) < 4.78 is 11.5. The maximum Gasteiger partial charge on any atom is 0.410 e. The van der Waals surface area contributed by atoms with Gasteiger partial charge in [0, 0.05) is 6.54 Å². The van der Waals surface area contributed by atoms with Crippen molar-refractivity contribution in [2.75, 3.05) is 13.2 Å². The minimum atomic E-state index is -0.191. The van der Waals surface area contributed by atoms with Gasteiger partial charge in [0.2, 0.25) is 0 Å². The molecule has 1 aromatic carbocycles. The highest BCUT2D eigenvalue weighted by Crippen LogP contribution is 2.46. The molecule has 1 unspecified atom stereocenters. The molecule has 25 heavy (non-hydrogen) atoms. The Hall–Kier alpha value is -1.55. The van der Waals surface area contributed by atoms with E-state index in [1.165, 1.54) is 32.1 Å². The van der Waals surface area contributed by atoms with Crippen LogP contribution in [0.2, 0.25) is 0 Å². The average Bonchev–Trinajstić information content (AvgIpc) is 2.97. The summed E-state index contributed by atoms with van der Waals surface area (Å²) in [4.78, 5) is 14.7. The Labute approximate surface area is 151 Å². The number of carbonyl (C=O) groups is 1. The normalized spacial score (nSPS) is 22.5. The monoisotopic (exact) mass is 345 g/mol. The highest BCUT2D eigenvalue weighted by atomic mass is 16.6. The van der Waals surface area contributed by atoms with E-state index in [1.54, 1.807) is 0 Å². The Morgan fingerprint density at radius 1 is 1.20 bits per heavy atom. The zero-order valence-electron chi connectivity index (χ0n) is 15.6. The number of ether oxygens (including phenoxy) is 2. The van der Waals surface area contributed by atoms with E-state index in [9.17, 15) is 4.79 Å². The predicted molar refractivity (Wildman–Crippen MR) is 98.3 cm³/mol. The van der Waals surface area contributed by atoms with Crippen LogP contribution in [0.1, 0.15) is 57.9 Å². The van der Waals surface area contributed by atoms with Gasteiger partial charge in [-0.15, -0.1) is 0 Å². The highest BCUT2D eigenvalue weighted by molar-refractivity contribution is 5.68. The first-order valence-corrected chi connectivity index (χ1v) is 9.67. The predicted octanol–water partition coefficient (Wildman–Crippen LogP) is 4.77. The standard InChI is InChI=1S/C21H31NO3/c1-17(2)24-15-19-13-21(11-7-4-8-12-21)16-22(19)20(23)25-14-18-9-5-3-6-10-18/h3,5-6,9-10,17,19H,4,7-8,11-16H2,1-2H3. The molecule has 138 valence electrons.